The third-order valence-corrected chi connectivity index (χ3v) is 4.55. The molecule has 4 nitrogen and oxygen atoms in total. The van der Waals surface area contributed by atoms with E-state index in [1.165, 1.54) is 0 Å². The molecule has 0 radical (unpaired) electrons. The second kappa shape index (κ2) is 6.72. The van der Waals surface area contributed by atoms with Crippen LogP contribution in [-0.4, -0.2) is 41.1 Å². The van der Waals surface area contributed by atoms with Crippen LogP contribution in [0.3, 0.4) is 0 Å². The molecule has 112 valence electrons. The van der Waals surface area contributed by atoms with Gasteiger partial charge < -0.3 is 4.90 Å². The second-order valence-electron chi connectivity index (χ2n) is 6.02. The molecule has 5 heteroatoms. The predicted molar refractivity (Wildman–Crippen MR) is 81.2 cm³/mol. The molecule has 2 unspecified atom stereocenters. The lowest BCUT2D eigenvalue weighted by molar-refractivity contribution is 0.0908. The molecule has 2 atom stereocenters. The molecular formula is C15H24ClN3O. The van der Waals surface area contributed by atoms with Gasteiger partial charge in [-0.1, -0.05) is 24.9 Å². The Labute approximate surface area is 126 Å². The Hall–Kier alpha value is -0.870. The zero-order valence-electron chi connectivity index (χ0n) is 12.6. The summed E-state index contributed by atoms with van der Waals surface area (Å²) in [5, 5.41) is 4.75. The van der Waals surface area contributed by atoms with Gasteiger partial charge in [0.05, 0.1) is 17.8 Å². The largest absolute Gasteiger partial charge is 0.308 e. The molecule has 20 heavy (non-hydrogen) atoms. The van der Waals surface area contributed by atoms with Crippen molar-refractivity contribution in [1.82, 2.24) is 14.7 Å². The zero-order chi connectivity index (χ0) is 14.7. The number of carbonyl (C=O) groups is 1. The first kappa shape index (κ1) is 15.5. The number of nitrogens with zero attached hydrogens (tertiary/aromatic N) is 3. The fourth-order valence-corrected chi connectivity index (χ4v) is 3.18. The smallest absolute Gasteiger partial charge is 0.185 e. The maximum atomic E-state index is 12.7. The van der Waals surface area contributed by atoms with Gasteiger partial charge in [-0.05, 0) is 39.3 Å². The molecule has 0 N–H and O–H groups in total. The molecule has 0 aliphatic heterocycles. The van der Waals surface area contributed by atoms with Gasteiger partial charge in [-0.15, -0.1) is 0 Å². The van der Waals surface area contributed by atoms with E-state index in [1.54, 1.807) is 10.9 Å². The number of hydrogen-bond donors (Lipinski definition) is 0. The summed E-state index contributed by atoms with van der Waals surface area (Å²) in [6.07, 6.45) is 5.92. The van der Waals surface area contributed by atoms with Gasteiger partial charge in [0.15, 0.2) is 5.78 Å². The Kier molecular flexibility index (Phi) is 5.22. The number of hydrogen-bond acceptors (Lipinski definition) is 3. The third-order valence-electron chi connectivity index (χ3n) is 4.28. The molecular weight excluding hydrogens is 274 g/mol. The van der Waals surface area contributed by atoms with Crippen LogP contribution < -0.4 is 0 Å². The quantitative estimate of drug-likeness (QED) is 0.757. The number of aromatic nitrogens is 2. The fraction of sp³-hybridized carbons (Fsp3) is 0.733. The van der Waals surface area contributed by atoms with Gasteiger partial charge in [0.2, 0.25) is 0 Å². The number of halogens is 1. The molecule has 1 aliphatic rings. The van der Waals surface area contributed by atoms with Crippen LogP contribution in [0.15, 0.2) is 6.20 Å². The summed E-state index contributed by atoms with van der Waals surface area (Å²) in [6, 6.07) is 0. The number of likely N-dealkylation sites (N-methyl/N-ethyl adjacent to an activating group) is 1. The molecule has 1 heterocycles. The highest BCUT2D eigenvalue weighted by molar-refractivity contribution is 6.33. The summed E-state index contributed by atoms with van der Waals surface area (Å²) in [5.74, 6) is 1.01. The number of rotatable bonds is 6. The SMILES string of the molecule is CCC1CCC(C(=O)c2c(Cl)cnn2CCN(C)C)C1. The standard InChI is InChI=1S/C15H24ClN3O/c1-4-11-5-6-12(9-11)15(20)14-13(16)10-17-19(14)8-7-18(2)3/h10-12H,4-9H2,1-3H3. The minimum Gasteiger partial charge on any atom is -0.308 e. The molecule has 0 aromatic carbocycles. The molecule has 1 aromatic rings. The number of ketones is 1. The minimum atomic E-state index is 0.132. The van der Waals surface area contributed by atoms with Gasteiger partial charge in [0, 0.05) is 12.5 Å². The molecule has 0 bridgehead atoms. The Balaban J connectivity index is 2.11. The van der Waals surface area contributed by atoms with Crippen LogP contribution in [0.4, 0.5) is 0 Å². The lowest BCUT2D eigenvalue weighted by atomic mass is 9.97. The van der Waals surface area contributed by atoms with E-state index < -0.39 is 0 Å². The molecule has 1 saturated carbocycles. The van der Waals surface area contributed by atoms with Crippen molar-refractivity contribution in [2.75, 3.05) is 20.6 Å². The average Bonchev–Trinajstić information content (AvgIpc) is 3.02. The first-order chi connectivity index (χ1) is 9.52. The van der Waals surface area contributed by atoms with E-state index in [4.69, 9.17) is 11.6 Å². The first-order valence-electron chi connectivity index (χ1n) is 7.43. The predicted octanol–water partition coefficient (Wildman–Crippen LogP) is 3.11. The number of Topliss-reactive ketones (excluding diaryl/α,β-unsaturated/α-hetero) is 1. The van der Waals surface area contributed by atoms with E-state index in [-0.39, 0.29) is 11.7 Å². The van der Waals surface area contributed by atoms with Gasteiger partial charge in [-0.2, -0.15) is 5.10 Å². The van der Waals surface area contributed by atoms with Crippen LogP contribution in [-0.2, 0) is 6.54 Å². The highest BCUT2D eigenvalue weighted by atomic mass is 35.5. The summed E-state index contributed by atoms with van der Waals surface area (Å²) in [5.41, 5.74) is 0.607. The Morgan fingerprint density at radius 3 is 2.85 bits per heavy atom. The summed E-state index contributed by atoms with van der Waals surface area (Å²) in [7, 11) is 4.02. The van der Waals surface area contributed by atoms with E-state index in [2.05, 4.69) is 16.9 Å². The normalized spacial score (nSPS) is 22.6. The van der Waals surface area contributed by atoms with Crippen molar-refractivity contribution in [2.45, 2.75) is 39.2 Å². The molecule has 1 aliphatic carbocycles. The van der Waals surface area contributed by atoms with Crippen LogP contribution in [0.5, 0.6) is 0 Å². The third kappa shape index (κ3) is 3.41. The van der Waals surface area contributed by atoms with E-state index in [9.17, 15) is 4.79 Å². The van der Waals surface area contributed by atoms with Crippen molar-refractivity contribution in [3.8, 4) is 0 Å². The Bertz CT molecular complexity index is 470. The summed E-state index contributed by atoms with van der Waals surface area (Å²) in [6.45, 7) is 3.75. The topological polar surface area (TPSA) is 38.1 Å². The fourth-order valence-electron chi connectivity index (χ4n) is 2.95. The maximum absolute atomic E-state index is 12.7. The lowest BCUT2D eigenvalue weighted by Gasteiger charge is -2.14. The second-order valence-corrected chi connectivity index (χ2v) is 6.42. The summed E-state index contributed by atoms with van der Waals surface area (Å²) in [4.78, 5) is 14.8. The van der Waals surface area contributed by atoms with Crippen molar-refractivity contribution < 1.29 is 4.79 Å². The molecule has 0 amide bonds. The van der Waals surface area contributed by atoms with Gasteiger partial charge in [0.25, 0.3) is 0 Å². The molecule has 1 fully saturated rings. The monoisotopic (exact) mass is 297 g/mol. The van der Waals surface area contributed by atoms with Crippen LogP contribution in [0, 0.1) is 11.8 Å². The van der Waals surface area contributed by atoms with E-state index >= 15 is 0 Å². The van der Waals surface area contributed by atoms with E-state index in [1.807, 2.05) is 14.1 Å². The molecule has 1 aromatic heterocycles. The average molecular weight is 298 g/mol. The molecule has 2 rings (SSSR count). The highest BCUT2D eigenvalue weighted by Crippen LogP contribution is 2.35. The first-order valence-corrected chi connectivity index (χ1v) is 7.81. The maximum Gasteiger partial charge on any atom is 0.185 e. The van der Waals surface area contributed by atoms with Gasteiger partial charge in [0.1, 0.15) is 5.69 Å². The molecule has 0 spiro atoms. The summed E-state index contributed by atoms with van der Waals surface area (Å²) >= 11 is 6.19. The van der Waals surface area contributed by atoms with Crippen LogP contribution in [0.25, 0.3) is 0 Å². The van der Waals surface area contributed by atoms with Crippen molar-refractivity contribution in [2.24, 2.45) is 11.8 Å². The Morgan fingerprint density at radius 1 is 1.50 bits per heavy atom. The van der Waals surface area contributed by atoms with Crippen molar-refractivity contribution >= 4 is 17.4 Å². The van der Waals surface area contributed by atoms with Gasteiger partial charge in [-0.25, -0.2) is 0 Å². The van der Waals surface area contributed by atoms with Crippen LogP contribution in [0.2, 0.25) is 5.02 Å². The summed E-state index contributed by atoms with van der Waals surface area (Å²) < 4.78 is 1.77. The van der Waals surface area contributed by atoms with Crippen LogP contribution in [0.1, 0.15) is 43.1 Å². The van der Waals surface area contributed by atoms with Gasteiger partial charge in [-0.3, -0.25) is 9.48 Å². The van der Waals surface area contributed by atoms with Crippen molar-refractivity contribution in [3.63, 3.8) is 0 Å². The lowest BCUT2D eigenvalue weighted by Crippen LogP contribution is -2.23. The van der Waals surface area contributed by atoms with E-state index in [0.29, 0.717) is 23.2 Å². The zero-order valence-corrected chi connectivity index (χ0v) is 13.4. The van der Waals surface area contributed by atoms with Crippen molar-refractivity contribution in [3.05, 3.63) is 16.9 Å². The molecule has 0 saturated heterocycles. The minimum absolute atomic E-state index is 0.132. The van der Waals surface area contributed by atoms with Crippen LogP contribution >= 0.6 is 11.6 Å². The highest BCUT2D eigenvalue weighted by Gasteiger charge is 2.32. The number of carbonyl (C=O) groups excluding carboxylic acids is 1. The van der Waals surface area contributed by atoms with Crippen molar-refractivity contribution in [1.29, 1.82) is 0 Å². The van der Waals surface area contributed by atoms with E-state index in [0.717, 1.165) is 32.2 Å². The van der Waals surface area contributed by atoms with Gasteiger partial charge >= 0.3 is 0 Å². The Morgan fingerprint density at radius 2 is 2.25 bits per heavy atom.